The summed E-state index contributed by atoms with van der Waals surface area (Å²) >= 11 is 0. The van der Waals surface area contributed by atoms with Crippen LogP contribution in [0.25, 0.3) is 0 Å². The van der Waals surface area contributed by atoms with Crippen LogP contribution in [0.3, 0.4) is 0 Å². The van der Waals surface area contributed by atoms with E-state index in [2.05, 4.69) is 32.6 Å². The summed E-state index contributed by atoms with van der Waals surface area (Å²) in [5, 5.41) is 30.3. The summed E-state index contributed by atoms with van der Waals surface area (Å²) in [6, 6.07) is 0. The van der Waals surface area contributed by atoms with Crippen molar-refractivity contribution < 1.29 is 15.3 Å². The van der Waals surface area contributed by atoms with E-state index in [0.717, 1.165) is 24.3 Å². The van der Waals surface area contributed by atoms with E-state index >= 15 is 0 Å². The fraction of sp³-hybridized carbons (Fsp3) is 0.778. The predicted molar refractivity (Wildman–Crippen MR) is 124 cm³/mol. The molecule has 0 amide bonds. The third kappa shape index (κ3) is 5.29. The molecule has 0 spiro atoms. The zero-order chi connectivity index (χ0) is 22.1. The van der Waals surface area contributed by atoms with Crippen LogP contribution in [0.15, 0.2) is 35.5 Å². The van der Waals surface area contributed by atoms with Gasteiger partial charge >= 0.3 is 0 Å². The van der Waals surface area contributed by atoms with Crippen molar-refractivity contribution in [2.45, 2.75) is 110 Å². The van der Waals surface area contributed by atoms with E-state index in [4.69, 9.17) is 0 Å². The Kier molecular flexibility index (Phi) is 7.37. The van der Waals surface area contributed by atoms with E-state index in [9.17, 15) is 15.3 Å². The molecule has 170 valence electrons. The van der Waals surface area contributed by atoms with Crippen LogP contribution in [0.2, 0.25) is 0 Å². The van der Waals surface area contributed by atoms with Gasteiger partial charge in [-0.3, -0.25) is 0 Å². The monoisotopic (exact) mass is 416 g/mol. The highest BCUT2D eigenvalue weighted by atomic mass is 16.3. The largest absolute Gasteiger partial charge is 0.390 e. The summed E-state index contributed by atoms with van der Waals surface area (Å²) in [5.41, 5.74) is 3.11. The molecule has 0 radical (unpaired) electrons. The third-order valence-corrected chi connectivity index (χ3v) is 8.47. The lowest BCUT2D eigenvalue weighted by molar-refractivity contribution is 0.0596. The quantitative estimate of drug-likeness (QED) is 0.486. The van der Waals surface area contributed by atoms with Crippen LogP contribution < -0.4 is 0 Å². The van der Waals surface area contributed by atoms with Crippen molar-refractivity contribution in [2.24, 2.45) is 23.2 Å². The summed E-state index contributed by atoms with van der Waals surface area (Å²) in [7, 11) is 0. The van der Waals surface area contributed by atoms with Gasteiger partial charge in [-0.2, -0.15) is 0 Å². The van der Waals surface area contributed by atoms with Crippen LogP contribution in [0.5, 0.6) is 0 Å². The van der Waals surface area contributed by atoms with Gasteiger partial charge in [-0.05, 0) is 94.0 Å². The highest BCUT2D eigenvalue weighted by Gasteiger charge is 2.50. The molecule has 3 aliphatic carbocycles. The van der Waals surface area contributed by atoms with Gasteiger partial charge in [0.2, 0.25) is 0 Å². The standard InChI is InChI=1S/C27H44O3/c1-18(8-6-14-26(3,4)30)22-12-13-23-21(9-7-15-27(22,23)5)11-10-20-16-24(28)19(2)25(29)17-20/h10-11,18,22-25,28-30H,2,6-9,12-17H2,1,3-5H3/b21-11+/t18-,22?,23?,24+,25+,27?/m0/s1. The molecule has 3 fully saturated rings. The van der Waals surface area contributed by atoms with Gasteiger partial charge in [0.25, 0.3) is 0 Å². The molecule has 3 saturated carbocycles. The molecular weight excluding hydrogens is 372 g/mol. The van der Waals surface area contributed by atoms with E-state index in [-0.39, 0.29) is 0 Å². The van der Waals surface area contributed by atoms with Gasteiger partial charge in [-0.25, -0.2) is 0 Å². The molecule has 3 rings (SSSR count). The number of allylic oxidation sites excluding steroid dienone is 3. The van der Waals surface area contributed by atoms with Crippen LogP contribution >= 0.6 is 0 Å². The Morgan fingerprint density at radius 1 is 1.17 bits per heavy atom. The van der Waals surface area contributed by atoms with Gasteiger partial charge in [0.1, 0.15) is 0 Å². The Labute approximate surface area is 184 Å². The first-order valence-corrected chi connectivity index (χ1v) is 12.2. The maximum absolute atomic E-state index is 10.1. The molecule has 3 N–H and O–H groups in total. The Morgan fingerprint density at radius 3 is 2.47 bits per heavy atom. The first-order valence-electron chi connectivity index (χ1n) is 12.2. The fourth-order valence-electron chi connectivity index (χ4n) is 6.70. The van der Waals surface area contributed by atoms with Crippen LogP contribution in [0, 0.1) is 23.2 Å². The summed E-state index contributed by atoms with van der Waals surface area (Å²) in [6.07, 6.45) is 14.0. The van der Waals surface area contributed by atoms with Crippen LogP contribution in [0.1, 0.15) is 91.9 Å². The fourth-order valence-corrected chi connectivity index (χ4v) is 6.70. The van der Waals surface area contributed by atoms with E-state index in [1.165, 1.54) is 38.5 Å². The number of aliphatic hydroxyl groups is 3. The Bertz CT molecular complexity index is 667. The smallest absolute Gasteiger partial charge is 0.0809 e. The molecule has 0 bridgehead atoms. The molecule has 0 aromatic heterocycles. The highest BCUT2D eigenvalue weighted by Crippen LogP contribution is 2.60. The molecule has 3 heteroatoms. The predicted octanol–water partition coefficient (Wildman–Crippen LogP) is 5.70. The van der Waals surface area contributed by atoms with E-state index < -0.39 is 17.8 Å². The molecule has 6 atom stereocenters. The van der Waals surface area contributed by atoms with Crippen molar-refractivity contribution in [1.82, 2.24) is 0 Å². The first kappa shape index (κ1) is 23.8. The van der Waals surface area contributed by atoms with Gasteiger partial charge in [0.05, 0.1) is 17.8 Å². The lowest BCUT2D eigenvalue weighted by atomic mass is 9.60. The minimum atomic E-state index is -0.615. The lowest BCUT2D eigenvalue weighted by Crippen LogP contribution is -2.36. The second-order valence-corrected chi connectivity index (χ2v) is 11.4. The summed E-state index contributed by atoms with van der Waals surface area (Å²) in [4.78, 5) is 0. The van der Waals surface area contributed by atoms with E-state index in [1.807, 2.05) is 13.8 Å². The van der Waals surface area contributed by atoms with Crippen molar-refractivity contribution in [2.75, 3.05) is 0 Å². The molecule has 30 heavy (non-hydrogen) atoms. The molecule has 0 saturated heterocycles. The van der Waals surface area contributed by atoms with Crippen molar-refractivity contribution in [3.63, 3.8) is 0 Å². The van der Waals surface area contributed by atoms with Crippen molar-refractivity contribution >= 4 is 0 Å². The molecule has 0 aromatic rings. The number of hydrogen-bond acceptors (Lipinski definition) is 3. The van der Waals surface area contributed by atoms with E-state index in [1.54, 1.807) is 5.57 Å². The Balaban J connectivity index is 1.67. The molecule has 3 nitrogen and oxygen atoms in total. The van der Waals surface area contributed by atoms with Crippen LogP contribution in [-0.2, 0) is 0 Å². The van der Waals surface area contributed by atoms with E-state index in [0.29, 0.717) is 35.7 Å². The second-order valence-electron chi connectivity index (χ2n) is 11.4. The SMILES string of the molecule is C=C1[C@H](O)CC(=C/C=C2\CCCC3(C)C2CCC3[C@@H](C)CCCC(C)(C)O)C[C@H]1O. The maximum Gasteiger partial charge on any atom is 0.0809 e. The van der Waals surface area contributed by atoms with Gasteiger partial charge in [0, 0.05) is 0 Å². The zero-order valence-corrected chi connectivity index (χ0v) is 19.7. The van der Waals surface area contributed by atoms with Crippen molar-refractivity contribution in [1.29, 1.82) is 0 Å². The maximum atomic E-state index is 10.1. The summed E-state index contributed by atoms with van der Waals surface area (Å²) < 4.78 is 0. The number of hydrogen-bond donors (Lipinski definition) is 3. The summed E-state index contributed by atoms with van der Waals surface area (Å²) in [5.74, 6) is 2.13. The average Bonchev–Trinajstić information content (AvgIpc) is 3.00. The molecule has 0 aliphatic heterocycles. The Morgan fingerprint density at radius 2 is 1.83 bits per heavy atom. The normalized spacial score (nSPS) is 37.4. The number of fused-ring (bicyclic) bond motifs is 1. The van der Waals surface area contributed by atoms with Gasteiger partial charge < -0.3 is 15.3 Å². The zero-order valence-electron chi connectivity index (χ0n) is 19.7. The topological polar surface area (TPSA) is 60.7 Å². The number of rotatable bonds is 6. The molecule has 3 aliphatic rings. The van der Waals surface area contributed by atoms with Crippen LogP contribution in [0.4, 0.5) is 0 Å². The Hall–Kier alpha value is -0.900. The molecule has 0 aromatic carbocycles. The molecular formula is C27H44O3. The lowest BCUT2D eigenvalue weighted by Gasteiger charge is -2.44. The number of aliphatic hydroxyl groups excluding tert-OH is 2. The highest BCUT2D eigenvalue weighted by molar-refractivity contribution is 5.29. The molecule has 0 heterocycles. The van der Waals surface area contributed by atoms with Gasteiger partial charge in [-0.1, -0.05) is 56.6 Å². The first-order chi connectivity index (χ1) is 14.0. The minimum absolute atomic E-state index is 0.386. The molecule has 3 unspecified atom stereocenters. The summed E-state index contributed by atoms with van der Waals surface area (Å²) in [6.45, 7) is 12.6. The van der Waals surface area contributed by atoms with Gasteiger partial charge in [0.15, 0.2) is 0 Å². The van der Waals surface area contributed by atoms with Crippen molar-refractivity contribution in [3.8, 4) is 0 Å². The van der Waals surface area contributed by atoms with Gasteiger partial charge in [-0.15, -0.1) is 0 Å². The third-order valence-electron chi connectivity index (χ3n) is 8.47. The van der Waals surface area contributed by atoms with Crippen molar-refractivity contribution in [3.05, 3.63) is 35.5 Å². The second kappa shape index (κ2) is 9.30. The minimum Gasteiger partial charge on any atom is -0.390 e. The average molecular weight is 417 g/mol. The van der Waals surface area contributed by atoms with Crippen LogP contribution in [-0.4, -0.2) is 33.1 Å².